The fourth-order valence-corrected chi connectivity index (χ4v) is 2.05. The van der Waals surface area contributed by atoms with Crippen molar-refractivity contribution in [2.45, 2.75) is 19.9 Å². The minimum Gasteiger partial charge on any atom is -0.355 e. The summed E-state index contributed by atoms with van der Waals surface area (Å²) in [6.45, 7) is 6.72. The van der Waals surface area contributed by atoms with Gasteiger partial charge in [0.25, 0.3) is 0 Å². The molecule has 0 aromatic carbocycles. The third-order valence-corrected chi connectivity index (χ3v) is 2.98. The molecule has 0 bridgehead atoms. The number of amides is 1. The summed E-state index contributed by atoms with van der Waals surface area (Å²) in [5.41, 5.74) is 0.878. The van der Waals surface area contributed by atoms with Crippen molar-refractivity contribution in [2.75, 3.05) is 31.1 Å². The van der Waals surface area contributed by atoms with Gasteiger partial charge in [-0.2, -0.15) is 5.10 Å². The van der Waals surface area contributed by atoms with Crippen LogP contribution < -0.4 is 15.5 Å². The zero-order valence-corrected chi connectivity index (χ0v) is 10.8. The fourth-order valence-electron chi connectivity index (χ4n) is 2.05. The molecule has 1 unspecified atom stereocenters. The second kappa shape index (κ2) is 5.77. The Balaban J connectivity index is 2.17. The van der Waals surface area contributed by atoms with Crippen molar-refractivity contribution in [2.24, 2.45) is 0 Å². The molecule has 0 saturated carbocycles. The van der Waals surface area contributed by atoms with Gasteiger partial charge in [-0.05, 0) is 26.0 Å². The van der Waals surface area contributed by atoms with Gasteiger partial charge in [-0.1, -0.05) is 0 Å². The van der Waals surface area contributed by atoms with Crippen molar-refractivity contribution >= 4 is 11.7 Å². The average molecular weight is 249 g/mol. The fraction of sp³-hybridized carbons (Fsp3) is 0.583. The maximum atomic E-state index is 12.0. The van der Waals surface area contributed by atoms with Crippen LogP contribution in [0.5, 0.6) is 0 Å². The molecule has 1 saturated heterocycles. The molecule has 18 heavy (non-hydrogen) atoms. The molecule has 1 aliphatic heterocycles. The van der Waals surface area contributed by atoms with E-state index in [0.29, 0.717) is 13.1 Å². The monoisotopic (exact) mass is 249 g/mol. The van der Waals surface area contributed by atoms with Crippen LogP contribution in [0.4, 0.5) is 5.82 Å². The van der Waals surface area contributed by atoms with Crippen molar-refractivity contribution in [3.05, 3.63) is 17.8 Å². The molecule has 6 nitrogen and oxygen atoms in total. The van der Waals surface area contributed by atoms with E-state index in [9.17, 15) is 4.79 Å². The Kier molecular flexibility index (Phi) is 4.09. The minimum atomic E-state index is -0.212. The van der Waals surface area contributed by atoms with Crippen molar-refractivity contribution in [3.63, 3.8) is 0 Å². The van der Waals surface area contributed by atoms with Gasteiger partial charge >= 0.3 is 0 Å². The second-order valence-electron chi connectivity index (χ2n) is 4.34. The Bertz CT molecular complexity index is 405. The molecule has 2 N–H and O–H groups in total. The van der Waals surface area contributed by atoms with Crippen LogP contribution in [0.15, 0.2) is 12.1 Å². The van der Waals surface area contributed by atoms with Crippen LogP contribution >= 0.6 is 0 Å². The van der Waals surface area contributed by atoms with E-state index in [-0.39, 0.29) is 11.9 Å². The number of hydrogen-bond donors (Lipinski definition) is 2. The number of rotatable bonds is 3. The van der Waals surface area contributed by atoms with Gasteiger partial charge in [-0.25, -0.2) is 0 Å². The van der Waals surface area contributed by atoms with E-state index in [1.807, 2.05) is 30.9 Å². The molecule has 1 aromatic heterocycles. The molecule has 6 heteroatoms. The summed E-state index contributed by atoms with van der Waals surface area (Å²) < 4.78 is 0. The molecule has 98 valence electrons. The predicted octanol–water partition coefficient (Wildman–Crippen LogP) is -0.301. The number of aryl methyl sites for hydroxylation is 1. The van der Waals surface area contributed by atoms with E-state index in [4.69, 9.17) is 0 Å². The number of piperazine rings is 1. The van der Waals surface area contributed by atoms with Crippen molar-refractivity contribution in [1.82, 2.24) is 20.8 Å². The molecule has 1 fully saturated rings. The molecule has 1 aliphatic rings. The quantitative estimate of drug-likeness (QED) is 0.769. The van der Waals surface area contributed by atoms with E-state index < -0.39 is 0 Å². The molecule has 2 heterocycles. The Labute approximate surface area is 107 Å². The van der Waals surface area contributed by atoms with Crippen LogP contribution in [0, 0.1) is 6.92 Å². The first-order chi connectivity index (χ1) is 8.72. The van der Waals surface area contributed by atoms with Crippen molar-refractivity contribution < 1.29 is 4.79 Å². The number of nitrogens with zero attached hydrogens (tertiary/aromatic N) is 3. The maximum Gasteiger partial charge on any atom is 0.244 e. The lowest BCUT2D eigenvalue weighted by molar-refractivity contribution is -0.122. The summed E-state index contributed by atoms with van der Waals surface area (Å²) in [6.07, 6.45) is 0. The van der Waals surface area contributed by atoms with E-state index in [1.165, 1.54) is 0 Å². The normalized spacial score (nSPS) is 19.7. The molecule has 1 aromatic rings. The SMILES string of the molecule is CCNC(=O)C1CNCCN1c1ccc(C)nn1. The summed E-state index contributed by atoms with van der Waals surface area (Å²) in [4.78, 5) is 14.0. The van der Waals surface area contributed by atoms with Crippen LogP contribution in [0.3, 0.4) is 0 Å². The molecule has 0 radical (unpaired) electrons. The smallest absolute Gasteiger partial charge is 0.244 e. The molecule has 0 aliphatic carbocycles. The summed E-state index contributed by atoms with van der Waals surface area (Å²) in [5.74, 6) is 0.797. The highest BCUT2D eigenvalue weighted by Crippen LogP contribution is 2.14. The Morgan fingerprint density at radius 1 is 1.56 bits per heavy atom. The van der Waals surface area contributed by atoms with Gasteiger partial charge in [0.2, 0.25) is 5.91 Å². The minimum absolute atomic E-state index is 0.0343. The first kappa shape index (κ1) is 12.8. The average Bonchev–Trinajstić information content (AvgIpc) is 2.40. The largest absolute Gasteiger partial charge is 0.355 e. The lowest BCUT2D eigenvalue weighted by Crippen LogP contribution is -2.58. The van der Waals surface area contributed by atoms with Gasteiger partial charge in [-0.3, -0.25) is 4.79 Å². The first-order valence-electron chi connectivity index (χ1n) is 6.27. The van der Waals surface area contributed by atoms with E-state index in [0.717, 1.165) is 24.6 Å². The summed E-state index contributed by atoms with van der Waals surface area (Å²) in [7, 11) is 0. The third-order valence-electron chi connectivity index (χ3n) is 2.98. The summed E-state index contributed by atoms with van der Waals surface area (Å²) >= 11 is 0. The Morgan fingerprint density at radius 3 is 3.06 bits per heavy atom. The number of hydrogen-bond acceptors (Lipinski definition) is 5. The number of nitrogens with one attached hydrogen (secondary N) is 2. The standard InChI is InChI=1S/C12H19N5O/c1-3-14-12(18)10-8-13-6-7-17(10)11-5-4-9(2)15-16-11/h4-5,10,13H,3,6-8H2,1-2H3,(H,14,18). The lowest BCUT2D eigenvalue weighted by atomic mass is 10.1. The van der Waals surface area contributed by atoms with Crippen LogP contribution in [0.25, 0.3) is 0 Å². The van der Waals surface area contributed by atoms with Crippen LogP contribution in [0.2, 0.25) is 0 Å². The molecule has 1 amide bonds. The molecular weight excluding hydrogens is 230 g/mol. The van der Waals surface area contributed by atoms with Crippen molar-refractivity contribution in [1.29, 1.82) is 0 Å². The summed E-state index contributed by atoms with van der Waals surface area (Å²) in [5, 5.41) is 14.3. The number of anilines is 1. The van der Waals surface area contributed by atoms with Crippen molar-refractivity contribution in [3.8, 4) is 0 Å². The molecule has 1 atom stereocenters. The Morgan fingerprint density at radius 2 is 2.39 bits per heavy atom. The molecular formula is C12H19N5O. The van der Waals surface area contributed by atoms with E-state index >= 15 is 0 Å². The predicted molar refractivity (Wildman–Crippen MR) is 69.5 cm³/mol. The zero-order chi connectivity index (χ0) is 13.0. The highest BCUT2D eigenvalue weighted by atomic mass is 16.2. The topological polar surface area (TPSA) is 70.2 Å². The number of likely N-dealkylation sites (N-methyl/N-ethyl adjacent to an activating group) is 1. The second-order valence-corrected chi connectivity index (χ2v) is 4.34. The van der Waals surface area contributed by atoms with Crippen LogP contribution in [-0.2, 0) is 4.79 Å². The van der Waals surface area contributed by atoms with Crippen LogP contribution in [-0.4, -0.2) is 48.3 Å². The number of carbonyl (C=O) groups excluding carboxylic acids is 1. The summed E-state index contributed by atoms with van der Waals surface area (Å²) in [6, 6.07) is 3.62. The van der Waals surface area contributed by atoms with E-state index in [2.05, 4.69) is 20.8 Å². The van der Waals surface area contributed by atoms with Gasteiger partial charge in [0.05, 0.1) is 5.69 Å². The highest BCUT2D eigenvalue weighted by Gasteiger charge is 2.29. The molecule has 2 rings (SSSR count). The lowest BCUT2D eigenvalue weighted by Gasteiger charge is -2.35. The van der Waals surface area contributed by atoms with Gasteiger partial charge in [0, 0.05) is 26.2 Å². The molecule has 0 spiro atoms. The van der Waals surface area contributed by atoms with Gasteiger partial charge < -0.3 is 15.5 Å². The van der Waals surface area contributed by atoms with E-state index in [1.54, 1.807) is 0 Å². The zero-order valence-electron chi connectivity index (χ0n) is 10.8. The Hall–Kier alpha value is -1.69. The van der Waals surface area contributed by atoms with Gasteiger partial charge in [-0.15, -0.1) is 5.10 Å². The third kappa shape index (κ3) is 2.76. The number of carbonyl (C=O) groups is 1. The van der Waals surface area contributed by atoms with Gasteiger partial charge in [0.15, 0.2) is 5.82 Å². The first-order valence-corrected chi connectivity index (χ1v) is 6.27. The highest BCUT2D eigenvalue weighted by molar-refractivity contribution is 5.85. The van der Waals surface area contributed by atoms with Gasteiger partial charge in [0.1, 0.15) is 6.04 Å². The van der Waals surface area contributed by atoms with Crippen LogP contribution in [0.1, 0.15) is 12.6 Å². The number of aromatic nitrogens is 2. The maximum absolute atomic E-state index is 12.0.